The molecule has 0 heterocycles. The first-order valence-corrected chi connectivity index (χ1v) is 7.77. The smallest absolute Gasteiger partial charge is 0.229 e. The molecule has 0 radical (unpaired) electrons. The number of carbonyl (C=O) groups excluding carboxylic acids is 1. The quantitative estimate of drug-likeness (QED) is 0.847. The number of carbonyl (C=O) groups is 1. The third-order valence-corrected chi connectivity index (χ3v) is 4.89. The van der Waals surface area contributed by atoms with Crippen LogP contribution in [0, 0.1) is 17.2 Å². The first kappa shape index (κ1) is 15.4. The van der Waals surface area contributed by atoms with Crippen LogP contribution in [0.1, 0.15) is 37.3 Å². The van der Waals surface area contributed by atoms with Crippen LogP contribution in [0.15, 0.2) is 24.3 Å². The first-order valence-electron chi connectivity index (χ1n) is 7.77. The number of amides is 1. The number of ether oxygens (including phenoxy) is 1. The summed E-state index contributed by atoms with van der Waals surface area (Å²) in [6.07, 6.45) is 2.73. The Morgan fingerprint density at radius 3 is 2.55 bits per heavy atom. The molecule has 1 aromatic rings. The molecule has 1 atom stereocenters. The maximum atomic E-state index is 13.1. The van der Waals surface area contributed by atoms with Crippen molar-refractivity contribution in [1.29, 1.82) is 0 Å². The molecule has 4 nitrogen and oxygen atoms in total. The molecule has 0 bridgehead atoms. The van der Waals surface area contributed by atoms with Gasteiger partial charge in [-0.1, -0.05) is 12.1 Å². The second kappa shape index (κ2) is 5.97. The van der Waals surface area contributed by atoms with Crippen molar-refractivity contribution in [1.82, 2.24) is 5.32 Å². The Morgan fingerprint density at radius 1 is 1.41 bits per heavy atom. The fourth-order valence-electron chi connectivity index (χ4n) is 3.20. The van der Waals surface area contributed by atoms with Crippen molar-refractivity contribution in [2.45, 2.75) is 37.8 Å². The number of hydrogen-bond acceptors (Lipinski definition) is 3. The third-order valence-electron chi connectivity index (χ3n) is 4.89. The van der Waals surface area contributed by atoms with E-state index in [4.69, 9.17) is 4.74 Å². The lowest BCUT2D eigenvalue weighted by Crippen LogP contribution is -2.44. The zero-order valence-corrected chi connectivity index (χ0v) is 12.7. The Hall–Kier alpha value is -1.46. The van der Waals surface area contributed by atoms with Crippen LogP contribution in [0.25, 0.3) is 0 Å². The van der Waals surface area contributed by atoms with Crippen LogP contribution in [0.4, 0.5) is 4.39 Å². The number of nitrogens with one attached hydrogen (secondary N) is 1. The molecule has 0 saturated heterocycles. The highest BCUT2D eigenvalue weighted by molar-refractivity contribution is 5.85. The van der Waals surface area contributed by atoms with Crippen molar-refractivity contribution in [3.8, 4) is 0 Å². The highest BCUT2D eigenvalue weighted by Crippen LogP contribution is 2.47. The van der Waals surface area contributed by atoms with E-state index >= 15 is 0 Å². The highest BCUT2D eigenvalue weighted by atomic mass is 19.1. The lowest BCUT2D eigenvalue weighted by molar-refractivity contribution is -0.130. The zero-order chi connectivity index (χ0) is 15.7. The van der Waals surface area contributed by atoms with E-state index in [-0.39, 0.29) is 29.8 Å². The Kier molecular flexibility index (Phi) is 4.19. The van der Waals surface area contributed by atoms with Crippen LogP contribution >= 0.6 is 0 Å². The molecular weight excluding hydrogens is 285 g/mol. The van der Waals surface area contributed by atoms with Gasteiger partial charge in [0.25, 0.3) is 0 Å². The maximum Gasteiger partial charge on any atom is 0.229 e. The number of halogens is 1. The van der Waals surface area contributed by atoms with E-state index in [1.165, 1.54) is 12.1 Å². The van der Waals surface area contributed by atoms with Crippen molar-refractivity contribution in [2.75, 3.05) is 13.7 Å². The highest BCUT2D eigenvalue weighted by Gasteiger charge is 2.51. The van der Waals surface area contributed by atoms with Gasteiger partial charge in [0.2, 0.25) is 5.91 Å². The van der Waals surface area contributed by atoms with Crippen molar-refractivity contribution >= 4 is 5.91 Å². The molecule has 2 aliphatic carbocycles. The normalized spacial score (nSPS) is 26.9. The van der Waals surface area contributed by atoms with E-state index in [0.29, 0.717) is 19.4 Å². The molecule has 1 aromatic carbocycles. The summed E-state index contributed by atoms with van der Waals surface area (Å²) in [6, 6.07) is 6.06. The third kappa shape index (κ3) is 3.01. The van der Waals surface area contributed by atoms with Gasteiger partial charge in [-0.05, 0) is 49.3 Å². The summed E-state index contributed by atoms with van der Waals surface area (Å²) in [6.45, 7) is 0.433. The lowest BCUT2D eigenvalue weighted by Gasteiger charge is -2.39. The van der Waals surface area contributed by atoms with Gasteiger partial charge in [-0.25, -0.2) is 4.39 Å². The van der Waals surface area contributed by atoms with Crippen LogP contribution in [0.2, 0.25) is 0 Å². The van der Waals surface area contributed by atoms with Gasteiger partial charge in [-0.2, -0.15) is 0 Å². The fourth-order valence-corrected chi connectivity index (χ4v) is 3.20. The number of hydrogen-bond donors (Lipinski definition) is 2. The molecular formula is C17H22FNO3. The van der Waals surface area contributed by atoms with E-state index in [9.17, 15) is 14.3 Å². The monoisotopic (exact) mass is 307 g/mol. The number of methoxy groups -OCH3 is 1. The molecule has 2 saturated carbocycles. The minimum atomic E-state index is -0.393. The standard InChI is InChI=1S/C17H22FNO3/c1-22-10-17(6-7-17)16(21)19-15(12-8-14(20)9-12)11-2-4-13(18)5-3-11/h2-5,12,14-15,20H,6-10H2,1H3,(H,19,21)/t12?,14?,15-/m0/s1. The molecule has 0 aromatic heterocycles. The van der Waals surface area contributed by atoms with Crippen LogP contribution in [0.5, 0.6) is 0 Å². The van der Waals surface area contributed by atoms with Gasteiger partial charge in [-0.3, -0.25) is 4.79 Å². The number of rotatable bonds is 6. The average molecular weight is 307 g/mol. The van der Waals surface area contributed by atoms with Crippen LogP contribution in [-0.4, -0.2) is 30.8 Å². The SMILES string of the molecule is COCC1(C(=O)N[C@@H](c2ccc(F)cc2)C2CC(O)C2)CC1. The summed E-state index contributed by atoms with van der Waals surface area (Å²) in [4.78, 5) is 12.6. The van der Waals surface area contributed by atoms with E-state index in [1.54, 1.807) is 19.2 Å². The molecule has 120 valence electrons. The molecule has 1 amide bonds. The zero-order valence-electron chi connectivity index (χ0n) is 12.7. The van der Waals surface area contributed by atoms with Gasteiger partial charge >= 0.3 is 0 Å². The van der Waals surface area contributed by atoms with Gasteiger partial charge in [0.05, 0.1) is 24.2 Å². The minimum absolute atomic E-state index is 0.00469. The minimum Gasteiger partial charge on any atom is -0.393 e. The van der Waals surface area contributed by atoms with Gasteiger partial charge in [-0.15, -0.1) is 0 Å². The predicted octanol–water partition coefficient (Wildman–Crippen LogP) is 2.18. The number of aliphatic hydroxyl groups is 1. The molecule has 5 heteroatoms. The Labute approximate surface area is 129 Å². The summed E-state index contributed by atoms with van der Waals surface area (Å²) in [5.74, 6) is -0.0895. The predicted molar refractivity (Wildman–Crippen MR) is 79.6 cm³/mol. The van der Waals surface area contributed by atoms with Gasteiger partial charge in [0.15, 0.2) is 0 Å². The van der Waals surface area contributed by atoms with Crippen molar-refractivity contribution < 1.29 is 19.0 Å². The molecule has 3 rings (SSSR count). The van der Waals surface area contributed by atoms with Crippen LogP contribution in [-0.2, 0) is 9.53 Å². The molecule has 22 heavy (non-hydrogen) atoms. The van der Waals surface area contributed by atoms with Crippen LogP contribution in [0.3, 0.4) is 0 Å². The lowest BCUT2D eigenvalue weighted by atomic mass is 9.75. The summed E-state index contributed by atoms with van der Waals surface area (Å²) in [7, 11) is 1.60. The first-order chi connectivity index (χ1) is 10.5. The molecule has 0 unspecified atom stereocenters. The summed E-state index contributed by atoms with van der Waals surface area (Å²) in [5.41, 5.74) is 0.495. The maximum absolute atomic E-state index is 13.1. The second-order valence-corrected chi connectivity index (χ2v) is 6.60. The summed E-state index contributed by atoms with van der Waals surface area (Å²) >= 11 is 0. The Bertz CT molecular complexity index is 535. The Morgan fingerprint density at radius 2 is 2.05 bits per heavy atom. The summed E-state index contributed by atoms with van der Waals surface area (Å²) < 4.78 is 18.3. The van der Waals surface area contributed by atoms with E-state index in [1.807, 2.05) is 0 Å². The average Bonchev–Trinajstić information content (AvgIpc) is 3.24. The largest absolute Gasteiger partial charge is 0.393 e. The van der Waals surface area contributed by atoms with Crippen molar-refractivity contribution in [3.63, 3.8) is 0 Å². The van der Waals surface area contributed by atoms with Crippen molar-refractivity contribution in [2.24, 2.45) is 11.3 Å². The molecule has 2 aliphatic rings. The van der Waals surface area contributed by atoms with Crippen molar-refractivity contribution in [3.05, 3.63) is 35.6 Å². The Balaban J connectivity index is 1.74. The second-order valence-electron chi connectivity index (χ2n) is 6.60. The van der Waals surface area contributed by atoms with Gasteiger partial charge < -0.3 is 15.2 Å². The van der Waals surface area contributed by atoms with Gasteiger partial charge in [0.1, 0.15) is 5.82 Å². The molecule has 2 fully saturated rings. The molecule has 0 spiro atoms. The van der Waals surface area contributed by atoms with E-state index < -0.39 is 5.41 Å². The summed E-state index contributed by atoms with van der Waals surface area (Å²) in [5, 5.41) is 12.7. The fraction of sp³-hybridized carbons (Fsp3) is 0.588. The van der Waals surface area contributed by atoms with Crippen LogP contribution < -0.4 is 5.32 Å². The topological polar surface area (TPSA) is 58.6 Å². The van der Waals surface area contributed by atoms with E-state index in [0.717, 1.165) is 18.4 Å². The molecule has 2 N–H and O–H groups in total. The number of aliphatic hydroxyl groups excluding tert-OH is 1. The van der Waals surface area contributed by atoms with E-state index in [2.05, 4.69) is 5.32 Å². The number of benzene rings is 1. The van der Waals surface area contributed by atoms with Gasteiger partial charge in [0, 0.05) is 7.11 Å². The molecule has 0 aliphatic heterocycles.